The quantitative estimate of drug-likeness (QED) is 0.342. The number of nitrogens with one attached hydrogen (secondary N) is 2. The molecule has 0 atom stereocenters. The average molecular weight is 421 g/mol. The number of esters is 1. The summed E-state index contributed by atoms with van der Waals surface area (Å²) in [6, 6.07) is 7.20. The van der Waals surface area contributed by atoms with Crippen LogP contribution in [0.25, 0.3) is 6.08 Å². The predicted molar refractivity (Wildman–Crippen MR) is 115 cm³/mol. The lowest BCUT2D eigenvalue weighted by atomic mass is 10.2. The van der Waals surface area contributed by atoms with Crippen LogP contribution < -0.4 is 10.6 Å². The lowest BCUT2D eigenvalue weighted by Gasteiger charge is -2.04. The highest BCUT2D eigenvalue weighted by molar-refractivity contribution is 8.01. The zero-order chi connectivity index (χ0) is 20.4. The number of anilines is 2. The number of rotatable bonds is 10. The third kappa shape index (κ3) is 8.10. The number of carbonyl (C=O) groups excluding carboxylic acids is 2. The average Bonchev–Trinajstić information content (AvgIpc) is 3.12. The molecule has 9 heteroatoms. The Labute approximate surface area is 173 Å². The van der Waals surface area contributed by atoms with Gasteiger partial charge in [-0.2, -0.15) is 0 Å². The molecule has 1 amide bonds. The highest BCUT2D eigenvalue weighted by Crippen LogP contribution is 2.25. The molecule has 1 aromatic carbocycles. The van der Waals surface area contributed by atoms with Crippen LogP contribution in [0, 0.1) is 5.92 Å². The fourth-order valence-corrected chi connectivity index (χ4v) is 3.55. The Hall–Kier alpha value is -2.39. The van der Waals surface area contributed by atoms with Gasteiger partial charge in [0.05, 0.1) is 12.4 Å². The molecule has 0 spiro atoms. The zero-order valence-corrected chi connectivity index (χ0v) is 17.7. The first-order valence-electron chi connectivity index (χ1n) is 8.91. The van der Waals surface area contributed by atoms with Crippen LogP contribution in [0.1, 0.15) is 26.3 Å². The summed E-state index contributed by atoms with van der Waals surface area (Å²) in [4.78, 5) is 23.4. The van der Waals surface area contributed by atoms with Gasteiger partial charge < -0.3 is 15.4 Å². The number of hydrogen-bond acceptors (Lipinski definition) is 8. The van der Waals surface area contributed by atoms with Gasteiger partial charge in [0.1, 0.15) is 0 Å². The number of nitrogens with zero attached hydrogens (tertiary/aromatic N) is 2. The molecule has 2 N–H and O–H groups in total. The topological polar surface area (TPSA) is 93.2 Å². The molecule has 1 aromatic heterocycles. The predicted octanol–water partition coefficient (Wildman–Crippen LogP) is 3.91. The zero-order valence-electron chi connectivity index (χ0n) is 16.1. The van der Waals surface area contributed by atoms with Crippen molar-refractivity contribution >= 4 is 51.9 Å². The maximum Gasteiger partial charge on any atom is 0.330 e. The molecular weight excluding hydrogens is 396 g/mol. The van der Waals surface area contributed by atoms with E-state index in [-0.39, 0.29) is 17.6 Å². The molecule has 0 saturated carbocycles. The van der Waals surface area contributed by atoms with E-state index in [1.54, 1.807) is 25.1 Å². The van der Waals surface area contributed by atoms with E-state index in [1.807, 2.05) is 12.1 Å². The number of ether oxygens (including phenoxy) is 1. The second kappa shape index (κ2) is 11.5. The monoisotopic (exact) mass is 420 g/mol. The van der Waals surface area contributed by atoms with Crippen molar-refractivity contribution in [2.75, 3.05) is 29.5 Å². The van der Waals surface area contributed by atoms with Gasteiger partial charge in [0, 0.05) is 18.3 Å². The summed E-state index contributed by atoms with van der Waals surface area (Å²) in [5, 5.41) is 15.0. The van der Waals surface area contributed by atoms with Crippen molar-refractivity contribution in [1.29, 1.82) is 0 Å². The van der Waals surface area contributed by atoms with Gasteiger partial charge in [-0.3, -0.25) is 4.79 Å². The molecule has 0 saturated heterocycles. The first-order chi connectivity index (χ1) is 13.5. The Bertz CT molecular complexity index is 804. The first-order valence-corrected chi connectivity index (χ1v) is 10.7. The van der Waals surface area contributed by atoms with Crippen LogP contribution in [0.5, 0.6) is 0 Å². The van der Waals surface area contributed by atoms with Gasteiger partial charge in [0.2, 0.25) is 11.0 Å². The minimum absolute atomic E-state index is 0.119. The second-order valence-corrected chi connectivity index (χ2v) is 8.39. The summed E-state index contributed by atoms with van der Waals surface area (Å²) in [7, 11) is 0. The fourth-order valence-electron chi connectivity index (χ4n) is 1.99. The van der Waals surface area contributed by atoms with Crippen LogP contribution >= 0.6 is 23.1 Å². The largest absolute Gasteiger partial charge is 0.463 e. The van der Waals surface area contributed by atoms with Crippen LogP contribution in [0.15, 0.2) is 34.7 Å². The first kappa shape index (κ1) is 21.9. The second-order valence-electron chi connectivity index (χ2n) is 6.19. The Balaban J connectivity index is 1.77. The van der Waals surface area contributed by atoms with Crippen LogP contribution in [0.3, 0.4) is 0 Å². The number of benzene rings is 1. The summed E-state index contributed by atoms with van der Waals surface area (Å²) in [5.41, 5.74) is 1.53. The molecule has 0 fully saturated rings. The van der Waals surface area contributed by atoms with Gasteiger partial charge in [-0.1, -0.05) is 49.1 Å². The smallest absolute Gasteiger partial charge is 0.330 e. The van der Waals surface area contributed by atoms with E-state index in [0.29, 0.717) is 18.2 Å². The Morgan fingerprint density at radius 3 is 2.68 bits per heavy atom. The van der Waals surface area contributed by atoms with E-state index in [0.717, 1.165) is 21.6 Å². The van der Waals surface area contributed by atoms with Crippen molar-refractivity contribution in [2.24, 2.45) is 5.92 Å². The number of amides is 1. The summed E-state index contributed by atoms with van der Waals surface area (Å²) >= 11 is 2.79. The summed E-state index contributed by atoms with van der Waals surface area (Å²) in [6.07, 6.45) is 3.04. The number of thioether (sulfide) groups is 1. The standard InChI is InChI=1S/C19H24N4O3S2/c1-4-26-17(25)10-7-14-5-8-15(9-6-14)21-16(24)12-27-19-23-22-18(28-19)20-11-13(2)3/h5-10,13H,4,11-12H2,1-3H3,(H,20,22)(H,21,24)/b10-7+. The maximum atomic E-state index is 12.1. The molecule has 0 aliphatic carbocycles. The van der Waals surface area contributed by atoms with E-state index >= 15 is 0 Å². The van der Waals surface area contributed by atoms with E-state index in [9.17, 15) is 9.59 Å². The molecule has 0 radical (unpaired) electrons. The Morgan fingerprint density at radius 1 is 1.25 bits per heavy atom. The van der Waals surface area contributed by atoms with E-state index in [2.05, 4.69) is 34.7 Å². The van der Waals surface area contributed by atoms with Gasteiger partial charge in [-0.05, 0) is 36.6 Å². The van der Waals surface area contributed by atoms with Crippen LogP contribution in [-0.2, 0) is 14.3 Å². The Kier molecular flexibility index (Phi) is 8.96. The van der Waals surface area contributed by atoms with Crippen LogP contribution in [0.4, 0.5) is 10.8 Å². The molecule has 0 bridgehead atoms. The lowest BCUT2D eigenvalue weighted by Crippen LogP contribution is -2.13. The van der Waals surface area contributed by atoms with Gasteiger partial charge in [0.15, 0.2) is 4.34 Å². The number of aromatic nitrogens is 2. The number of carbonyl (C=O) groups is 2. The van der Waals surface area contributed by atoms with Crippen molar-refractivity contribution in [3.8, 4) is 0 Å². The highest BCUT2D eigenvalue weighted by Gasteiger charge is 2.09. The van der Waals surface area contributed by atoms with Gasteiger partial charge in [-0.25, -0.2) is 4.79 Å². The molecule has 2 rings (SSSR count). The fraction of sp³-hybridized carbons (Fsp3) is 0.368. The summed E-state index contributed by atoms with van der Waals surface area (Å²) in [6.45, 7) is 7.19. The normalized spacial score (nSPS) is 11.0. The minimum atomic E-state index is -0.379. The number of hydrogen-bond donors (Lipinski definition) is 2. The molecule has 7 nitrogen and oxygen atoms in total. The summed E-state index contributed by atoms with van der Waals surface area (Å²) < 4.78 is 5.58. The van der Waals surface area contributed by atoms with Gasteiger partial charge in [0.25, 0.3) is 0 Å². The van der Waals surface area contributed by atoms with Crippen molar-refractivity contribution in [1.82, 2.24) is 10.2 Å². The third-order valence-electron chi connectivity index (χ3n) is 3.29. The van der Waals surface area contributed by atoms with Crippen molar-refractivity contribution in [3.63, 3.8) is 0 Å². The molecule has 2 aromatic rings. The third-order valence-corrected chi connectivity index (χ3v) is 5.30. The SMILES string of the molecule is CCOC(=O)/C=C/c1ccc(NC(=O)CSc2nnc(NCC(C)C)s2)cc1. The van der Waals surface area contributed by atoms with Crippen molar-refractivity contribution in [2.45, 2.75) is 25.1 Å². The molecule has 0 aliphatic heterocycles. The molecule has 150 valence electrons. The van der Waals surface area contributed by atoms with E-state index in [1.165, 1.54) is 29.2 Å². The van der Waals surface area contributed by atoms with Gasteiger partial charge >= 0.3 is 5.97 Å². The molecular formula is C19H24N4O3S2. The maximum absolute atomic E-state index is 12.1. The highest BCUT2D eigenvalue weighted by atomic mass is 32.2. The minimum Gasteiger partial charge on any atom is -0.463 e. The van der Waals surface area contributed by atoms with Crippen LogP contribution in [0.2, 0.25) is 0 Å². The molecule has 28 heavy (non-hydrogen) atoms. The van der Waals surface area contributed by atoms with Gasteiger partial charge in [-0.15, -0.1) is 10.2 Å². The van der Waals surface area contributed by atoms with Crippen LogP contribution in [-0.4, -0.2) is 41.0 Å². The lowest BCUT2D eigenvalue weighted by molar-refractivity contribution is -0.137. The van der Waals surface area contributed by atoms with Crippen molar-refractivity contribution in [3.05, 3.63) is 35.9 Å². The summed E-state index contributed by atoms with van der Waals surface area (Å²) in [5.74, 6) is 0.282. The molecule has 0 aliphatic rings. The Morgan fingerprint density at radius 2 is 2.00 bits per heavy atom. The van der Waals surface area contributed by atoms with E-state index in [4.69, 9.17) is 4.74 Å². The molecule has 1 heterocycles. The van der Waals surface area contributed by atoms with E-state index < -0.39 is 0 Å². The van der Waals surface area contributed by atoms with Crippen molar-refractivity contribution < 1.29 is 14.3 Å². The molecule has 0 unspecified atom stereocenters.